The van der Waals surface area contributed by atoms with Gasteiger partial charge in [-0.05, 0) is 43.5 Å². The summed E-state index contributed by atoms with van der Waals surface area (Å²) in [5, 5.41) is 4.09. The molecule has 2 rings (SSSR count). The summed E-state index contributed by atoms with van der Waals surface area (Å²) in [5.41, 5.74) is 3.34. The van der Waals surface area contributed by atoms with Crippen molar-refractivity contribution < 1.29 is 4.39 Å². The number of rotatable bonds is 3. The SMILES string of the molecule is CCCNC1CC(C)SCc2c(C)ccc(F)c21. The Labute approximate surface area is 114 Å². The Kier molecular flexibility index (Phi) is 4.68. The number of thioether (sulfide) groups is 1. The lowest BCUT2D eigenvalue weighted by Crippen LogP contribution is -2.25. The second-order valence-corrected chi connectivity index (χ2v) is 6.55. The molecule has 1 nitrogen and oxygen atoms in total. The van der Waals surface area contributed by atoms with Crippen LogP contribution in [0.1, 0.15) is 49.4 Å². The number of benzene rings is 1. The second-order valence-electron chi connectivity index (χ2n) is 5.12. The van der Waals surface area contributed by atoms with Crippen molar-refractivity contribution in [2.24, 2.45) is 0 Å². The van der Waals surface area contributed by atoms with Gasteiger partial charge in [0.05, 0.1) is 0 Å². The van der Waals surface area contributed by atoms with Crippen LogP contribution < -0.4 is 5.32 Å². The van der Waals surface area contributed by atoms with Crippen molar-refractivity contribution >= 4 is 11.8 Å². The summed E-state index contributed by atoms with van der Waals surface area (Å²) in [6.07, 6.45) is 2.10. The van der Waals surface area contributed by atoms with E-state index in [1.54, 1.807) is 6.07 Å². The van der Waals surface area contributed by atoms with Gasteiger partial charge < -0.3 is 5.32 Å². The van der Waals surface area contributed by atoms with Gasteiger partial charge in [0.1, 0.15) is 5.82 Å². The van der Waals surface area contributed by atoms with Crippen molar-refractivity contribution in [1.82, 2.24) is 5.32 Å². The third-order valence-corrected chi connectivity index (χ3v) is 4.82. The van der Waals surface area contributed by atoms with Crippen molar-refractivity contribution in [3.05, 3.63) is 34.6 Å². The van der Waals surface area contributed by atoms with Gasteiger partial charge in [0, 0.05) is 22.6 Å². The second kappa shape index (κ2) is 6.07. The highest BCUT2D eigenvalue weighted by molar-refractivity contribution is 7.99. The van der Waals surface area contributed by atoms with Crippen LogP contribution in [0, 0.1) is 12.7 Å². The molecule has 0 saturated heterocycles. The smallest absolute Gasteiger partial charge is 0.128 e. The molecule has 1 N–H and O–H groups in total. The van der Waals surface area contributed by atoms with Crippen LogP contribution in [-0.4, -0.2) is 11.8 Å². The lowest BCUT2D eigenvalue weighted by atomic mass is 9.94. The minimum Gasteiger partial charge on any atom is -0.310 e. The molecule has 1 aliphatic heterocycles. The van der Waals surface area contributed by atoms with E-state index in [0.717, 1.165) is 30.7 Å². The maximum absolute atomic E-state index is 14.2. The maximum atomic E-state index is 14.2. The monoisotopic (exact) mass is 267 g/mol. The molecule has 0 bridgehead atoms. The molecule has 2 unspecified atom stereocenters. The van der Waals surface area contributed by atoms with Crippen LogP contribution in [0.3, 0.4) is 0 Å². The van der Waals surface area contributed by atoms with E-state index in [4.69, 9.17) is 0 Å². The first-order chi connectivity index (χ1) is 8.63. The van der Waals surface area contributed by atoms with Gasteiger partial charge in [0.2, 0.25) is 0 Å². The van der Waals surface area contributed by atoms with E-state index in [1.165, 1.54) is 11.1 Å². The number of nitrogens with one attached hydrogen (secondary N) is 1. The zero-order valence-electron chi connectivity index (χ0n) is 11.4. The van der Waals surface area contributed by atoms with E-state index in [-0.39, 0.29) is 11.9 Å². The van der Waals surface area contributed by atoms with Crippen LogP contribution in [0.15, 0.2) is 12.1 Å². The fraction of sp³-hybridized carbons (Fsp3) is 0.600. The summed E-state index contributed by atoms with van der Waals surface area (Å²) >= 11 is 1.93. The molecule has 3 heteroatoms. The van der Waals surface area contributed by atoms with Crippen LogP contribution in [-0.2, 0) is 5.75 Å². The molecule has 0 amide bonds. The Bertz CT molecular complexity index is 419. The van der Waals surface area contributed by atoms with Gasteiger partial charge in [0.25, 0.3) is 0 Å². The summed E-state index contributed by atoms with van der Waals surface area (Å²) in [7, 11) is 0. The van der Waals surface area contributed by atoms with E-state index in [1.807, 2.05) is 17.8 Å². The Morgan fingerprint density at radius 1 is 1.44 bits per heavy atom. The van der Waals surface area contributed by atoms with Gasteiger partial charge in [-0.15, -0.1) is 0 Å². The Hall–Kier alpha value is -0.540. The first kappa shape index (κ1) is 13.9. The third kappa shape index (κ3) is 2.89. The molecule has 1 aromatic rings. The van der Waals surface area contributed by atoms with Crippen molar-refractivity contribution in [3.63, 3.8) is 0 Å². The topological polar surface area (TPSA) is 12.0 Å². The van der Waals surface area contributed by atoms with E-state index in [9.17, 15) is 4.39 Å². The number of fused-ring (bicyclic) bond motifs is 1. The standard InChI is InChI=1S/C15H22FNS/c1-4-7-17-14-8-11(3)18-9-12-10(2)5-6-13(16)15(12)14/h5-6,11,14,17H,4,7-9H2,1-3H3. The molecular weight excluding hydrogens is 245 g/mol. The predicted molar refractivity (Wildman–Crippen MR) is 77.5 cm³/mol. The Morgan fingerprint density at radius 2 is 2.22 bits per heavy atom. The number of halogens is 1. The molecule has 2 atom stereocenters. The molecule has 0 fully saturated rings. The summed E-state index contributed by atoms with van der Waals surface area (Å²) in [6, 6.07) is 3.70. The van der Waals surface area contributed by atoms with Crippen molar-refractivity contribution in [3.8, 4) is 0 Å². The van der Waals surface area contributed by atoms with Gasteiger partial charge >= 0.3 is 0 Å². The van der Waals surface area contributed by atoms with E-state index in [2.05, 4.69) is 26.1 Å². The van der Waals surface area contributed by atoms with Crippen LogP contribution in [0.2, 0.25) is 0 Å². The average Bonchev–Trinajstić information content (AvgIpc) is 2.51. The van der Waals surface area contributed by atoms with E-state index >= 15 is 0 Å². The molecule has 100 valence electrons. The van der Waals surface area contributed by atoms with Gasteiger partial charge in [-0.2, -0.15) is 11.8 Å². The quantitative estimate of drug-likeness (QED) is 0.881. The van der Waals surface area contributed by atoms with Gasteiger partial charge in [-0.3, -0.25) is 0 Å². The van der Waals surface area contributed by atoms with Gasteiger partial charge in [0.15, 0.2) is 0 Å². The molecule has 0 aromatic heterocycles. The first-order valence-electron chi connectivity index (χ1n) is 6.76. The van der Waals surface area contributed by atoms with Crippen molar-refractivity contribution in [2.45, 2.75) is 50.7 Å². The highest BCUT2D eigenvalue weighted by Gasteiger charge is 2.26. The molecule has 0 aliphatic carbocycles. The molecule has 18 heavy (non-hydrogen) atoms. The normalized spacial score (nSPS) is 23.6. The summed E-state index contributed by atoms with van der Waals surface area (Å²) in [6.45, 7) is 7.43. The number of hydrogen-bond acceptors (Lipinski definition) is 2. The lowest BCUT2D eigenvalue weighted by Gasteiger charge is -2.21. The average molecular weight is 267 g/mol. The zero-order valence-corrected chi connectivity index (χ0v) is 12.2. The molecule has 0 spiro atoms. The van der Waals surface area contributed by atoms with Crippen LogP contribution in [0.25, 0.3) is 0 Å². The molecular formula is C15H22FNS. The number of hydrogen-bond donors (Lipinski definition) is 1. The van der Waals surface area contributed by atoms with Gasteiger partial charge in [-0.25, -0.2) is 4.39 Å². The predicted octanol–water partition coefficient (Wildman–Crippen LogP) is 4.20. The Balaban J connectivity index is 2.39. The summed E-state index contributed by atoms with van der Waals surface area (Å²) in [4.78, 5) is 0. The fourth-order valence-corrected chi connectivity index (χ4v) is 3.72. The Morgan fingerprint density at radius 3 is 2.94 bits per heavy atom. The maximum Gasteiger partial charge on any atom is 0.128 e. The first-order valence-corrected chi connectivity index (χ1v) is 7.81. The summed E-state index contributed by atoms with van der Waals surface area (Å²) in [5.74, 6) is 0.892. The minimum atomic E-state index is -0.0427. The molecule has 1 aliphatic rings. The van der Waals surface area contributed by atoms with Crippen molar-refractivity contribution in [1.29, 1.82) is 0 Å². The van der Waals surface area contributed by atoms with Crippen LogP contribution in [0.5, 0.6) is 0 Å². The molecule has 0 saturated carbocycles. The highest BCUT2D eigenvalue weighted by Crippen LogP contribution is 2.37. The fourth-order valence-electron chi connectivity index (χ4n) is 2.56. The molecule has 1 aromatic carbocycles. The van der Waals surface area contributed by atoms with E-state index < -0.39 is 0 Å². The van der Waals surface area contributed by atoms with Crippen molar-refractivity contribution in [2.75, 3.05) is 6.54 Å². The van der Waals surface area contributed by atoms with Crippen LogP contribution >= 0.6 is 11.8 Å². The summed E-state index contributed by atoms with van der Waals surface area (Å²) < 4.78 is 14.2. The van der Waals surface area contributed by atoms with E-state index in [0.29, 0.717) is 5.25 Å². The third-order valence-electron chi connectivity index (χ3n) is 3.61. The minimum absolute atomic E-state index is 0.0427. The zero-order chi connectivity index (χ0) is 13.1. The lowest BCUT2D eigenvalue weighted by molar-refractivity contribution is 0.473. The van der Waals surface area contributed by atoms with Crippen LogP contribution in [0.4, 0.5) is 4.39 Å². The van der Waals surface area contributed by atoms with Gasteiger partial charge in [-0.1, -0.05) is 19.9 Å². The highest BCUT2D eigenvalue weighted by atomic mass is 32.2. The molecule has 0 radical (unpaired) electrons. The number of aryl methyl sites for hydroxylation is 1. The largest absolute Gasteiger partial charge is 0.310 e. The molecule has 1 heterocycles.